The van der Waals surface area contributed by atoms with Crippen LogP contribution in [0.4, 0.5) is 23.7 Å². The van der Waals surface area contributed by atoms with Crippen LogP contribution >= 0.6 is 0 Å². The molecule has 38 heavy (non-hydrogen) atoms. The third-order valence-corrected chi connectivity index (χ3v) is 7.42. The number of hydrogen-bond donors (Lipinski definition) is 1. The molecule has 0 spiro atoms. The zero-order chi connectivity index (χ0) is 27.0. The van der Waals surface area contributed by atoms with E-state index in [-0.39, 0.29) is 48.1 Å². The van der Waals surface area contributed by atoms with Crippen LogP contribution in [0, 0.1) is 5.92 Å². The third kappa shape index (κ3) is 5.14. The maximum absolute atomic E-state index is 13.8. The van der Waals surface area contributed by atoms with Crippen molar-refractivity contribution in [3.05, 3.63) is 59.7 Å². The maximum Gasteiger partial charge on any atom is 0.573 e. The lowest BCUT2D eigenvalue weighted by atomic mass is 9.81. The standard InChI is InChI=1S/C27H28F3N3O5/c1-37-23(34)15-31-26(36)32(17-11-12-17)24-19-5-2-3-7-21(19)33(22-8-4-6-20(22)24)25(35)16-9-13-18(14-10-16)38-27(28,29)30/h2-3,5,7,9-10,13-14,17,20,22,24H,4,6,8,11-12,15H2,1H3,(H,31,36). The Morgan fingerprint density at radius 2 is 1.74 bits per heavy atom. The summed E-state index contributed by atoms with van der Waals surface area (Å²) in [5.74, 6) is -1.30. The highest BCUT2D eigenvalue weighted by Gasteiger charge is 2.51. The van der Waals surface area contributed by atoms with Crippen LogP contribution < -0.4 is 15.0 Å². The number of amides is 3. The van der Waals surface area contributed by atoms with Crippen molar-refractivity contribution >= 4 is 23.6 Å². The van der Waals surface area contributed by atoms with Crippen molar-refractivity contribution in [1.29, 1.82) is 0 Å². The zero-order valence-electron chi connectivity index (χ0n) is 20.7. The molecule has 2 saturated carbocycles. The number of methoxy groups -OCH3 is 1. The lowest BCUT2D eigenvalue weighted by Crippen LogP contribution is -2.54. The quantitative estimate of drug-likeness (QED) is 0.541. The summed E-state index contributed by atoms with van der Waals surface area (Å²) in [4.78, 5) is 42.4. The van der Waals surface area contributed by atoms with E-state index >= 15 is 0 Å². The number of fused-ring (bicyclic) bond motifs is 2. The van der Waals surface area contributed by atoms with Gasteiger partial charge in [0.05, 0.1) is 13.2 Å². The van der Waals surface area contributed by atoms with Crippen LogP contribution in [0.5, 0.6) is 5.75 Å². The molecule has 0 bridgehead atoms. The fraction of sp³-hybridized carbons (Fsp3) is 0.444. The predicted octanol–water partition coefficient (Wildman–Crippen LogP) is 4.80. The van der Waals surface area contributed by atoms with Gasteiger partial charge in [-0.15, -0.1) is 13.2 Å². The van der Waals surface area contributed by atoms with E-state index in [0.29, 0.717) is 5.69 Å². The maximum atomic E-state index is 13.8. The molecule has 2 fully saturated rings. The van der Waals surface area contributed by atoms with Crippen molar-refractivity contribution in [1.82, 2.24) is 10.2 Å². The summed E-state index contributed by atoms with van der Waals surface area (Å²) in [6, 6.07) is 11.6. The van der Waals surface area contributed by atoms with E-state index in [9.17, 15) is 27.6 Å². The molecule has 8 nitrogen and oxygen atoms in total. The summed E-state index contributed by atoms with van der Waals surface area (Å²) in [7, 11) is 1.26. The summed E-state index contributed by atoms with van der Waals surface area (Å²) < 4.78 is 46.3. The lowest BCUT2D eigenvalue weighted by molar-refractivity contribution is -0.274. The molecule has 0 radical (unpaired) electrons. The van der Waals surface area contributed by atoms with Crippen molar-refractivity contribution in [3.8, 4) is 5.75 Å². The minimum absolute atomic E-state index is 0.0360. The molecule has 2 aliphatic carbocycles. The summed E-state index contributed by atoms with van der Waals surface area (Å²) in [5.41, 5.74) is 1.75. The smallest absolute Gasteiger partial charge is 0.468 e. The Morgan fingerprint density at radius 1 is 1.03 bits per heavy atom. The van der Waals surface area contributed by atoms with Crippen molar-refractivity contribution in [3.63, 3.8) is 0 Å². The molecule has 2 aromatic carbocycles. The Kier molecular flexibility index (Phi) is 6.93. The summed E-state index contributed by atoms with van der Waals surface area (Å²) in [5, 5.41) is 2.68. The number of para-hydroxylation sites is 1. The van der Waals surface area contributed by atoms with Crippen LogP contribution in [0.25, 0.3) is 0 Å². The second-order valence-corrected chi connectivity index (χ2v) is 9.79. The minimum atomic E-state index is -4.82. The topological polar surface area (TPSA) is 88.2 Å². The third-order valence-electron chi connectivity index (χ3n) is 7.42. The van der Waals surface area contributed by atoms with Crippen LogP contribution in [0.15, 0.2) is 48.5 Å². The number of hydrogen-bond acceptors (Lipinski definition) is 5. The molecular weight excluding hydrogens is 503 g/mol. The Hall–Kier alpha value is -3.76. The highest BCUT2D eigenvalue weighted by molar-refractivity contribution is 6.07. The zero-order valence-corrected chi connectivity index (χ0v) is 20.7. The van der Waals surface area contributed by atoms with E-state index in [4.69, 9.17) is 0 Å². The molecule has 1 aliphatic heterocycles. The Balaban J connectivity index is 1.48. The van der Waals surface area contributed by atoms with Gasteiger partial charge in [-0.05, 0) is 61.6 Å². The van der Waals surface area contributed by atoms with E-state index in [1.165, 1.54) is 19.2 Å². The van der Waals surface area contributed by atoms with Gasteiger partial charge >= 0.3 is 18.4 Å². The molecule has 5 rings (SSSR count). The number of esters is 1. The first-order chi connectivity index (χ1) is 18.2. The second kappa shape index (κ2) is 10.2. The van der Waals surface area contributed by atoms with Gasteiger partial charge in [0.15, 0.2) is 0 Å². The van der Waals surface area contributed by atoms with Gasteiger partial charge in [0.25, 0.3) is 5.91 Å². The number of ether oxygens (including phenoxy) is 2. The summed E-state index contributed by atoms with van der Waals surface area (Å²) in [6.45, 7) is -0.236. The molecule has 3 aliphatic rings. The van der Waals surface area contributed by atoms with E-state index < -0.39 is 18.1 Å². The molecule has 1 heterocycles. The Morgan fingerprint density at radius 3 is 2.39 bits per heavy atom. The van der Waals surface area contributed by atoms with E-state index in [1.807, 2.05) is 29.2 Å². The van der Waals surface area contributed by atoms with Crippen LogP contribution in [-0.4, -0.2) is 54.9 Å². The van der Waals surface area contributed by atoms with Gasteiger partial charge in [-0.1, -0.05) is 24.6 Å². The highest BCUT2D eigenvalue weighted by atomic mass is 19.4. The Labute approximate surface area is 217 Å². The van der Waals surface area contributed by atoms with Gasteiger partial charge in [0, 0.05) is 29.3 Å². The first-order valence-electron chi connectivity index (χ1n) is 12.6. The molecule has 3 unspecified atom stereocenters. The lowest BCUT2D eigenvalue weighted by Gasteiger charge is -2.47. The number of urea groups is 1. The van der Waals surface area contributed by atoms with Crippen molar-refractivity contribution in [2.24, 2.45) is 5.92 Å². The van der Waals surface area contributed by atoms with Crippen molar-refractivity contribution in [2.75, 3.05) is 18.6 Å². The SMILES string of the molecule is COC(=O)CNC(=O)N(C1CC1)C1c2ccccc2N(C(=O)c2ccc(OC(F)(F)F)cc2)C2CCCC21. The number of anilines is 1. The first kappa shape index (κ1) is 25.9. The van der Waals surface area contributed by atoms with Crippen LogP contribution in [0.1, 0.15) is 54.1 Å². The average molecular weight is 532 g/mol. The number of nitrogens with one attached hydrogen (secondary N) is 1. The van der Waals surface area contributed by atoms with E-state index in [0.717, 1.165) is 49.8 Å². The first-order valence-corrected chi connectivity index (χ1v) is 12.6. The number of carbonyl (C=O) groups excluding carboxylic acids is 3. The van der Waals surface area contributed by atoms with Gasteiger partial charge in [-0.2, -0.15) is 0 Å². The van der Waals surface area contributed by atoms with Gasteiger partial charge in [-0.3, -0.25) is 9.59 Å². The molecule has 2 aromatic rings. The number of rotatable bonds is 6. The van der Waals surface area contributed by atoms with Gasteiger partial charge in [0.2, 0.25) is 0 Å². The van der Waals surface area contributed by atoms with Crippen LogP contribution in [0.2, 0.25) is 0 Å². The predicted molar refractivity (Wildman–Crippen MR) is 131 cm³/mol. The second-order valence-electron chi connectivity index (χ2n) is 9.79. The van der Waals surface area contributed by atoms with E-state index in [2.05, 4.69) is 14.8 Å². The fourth-order valence-corrected chi connectivity index (χ4v) is 5.76. The fourth-order valence-electron chi connectivity index (χ4n) is 5.76. The Bertz CT molecular complexity index is 1220. The van der Waals surface area contributed by atoms with Gasteiger partial charge in [-0.25, -0.2) is 4.79 Å². The summed E-state index contributed by atoms with van der Waals surface area (Å²) >= 11 is 0. The number of halogens is 3. The molecule has 3 atom stereocenters. The largest absolute Gasteiger partial charge is 0.573 e. The molecule has 0 aromatic heterocycles. The molecule has 0 saturated heterocycles. The number of nitrogens with zero attached hydrogens (tertiary/aromatic N) is 2. The van der Waals surface area contributed by atoms with Gasteiger partial charge in [0.1, 0.15) is 12.3 Å². The normalized spacial score (nSPS) is 22.2. The summed E-state index contributed by atoms with van der Waals surface area (Å²) in [6.07, 6.45) is -0.699. The average Bonchev–Trinajstić information content (AvgIpc) is 3.61. The van der Waals surface area contributed by atoms with Crippen molar-refractivity contribution in [2.45, 2.75) is 56.6 Å². The van der Waals surface area contributed by atoms with Gasteiger partial charge < -0.3 is 24.6 Å². The number of benzene rings is 2. The van der Waals surface area contributed by atoms with E-state index in [1.54, 1.807) is 4.90 Å². The number of carbonyl (C=O) groups is 3. The molecular formula is C27H28F3N3O5. The number of alkyl halides is 3. The molecule has 11 heteroatoms. The highest BCUT2D eigenvalue weighted by Crippen LogP contribution is 2.52. The molecule has 202 valence electrons. The molecule has 3 amide bonds. The molecule has 1 N–H and O–H groups in total. The van der Waals surface area contributed by atoms with Crippen molar-refractivity contribution < 1.29 is 37.0 Å². The van der Waals surface area contributed by atoms with Crippen LogP contribution in [0.3, 0.4) is 0 Å². The van der Waals surface area contributed by atoms with Crippen LogP contribution in [-0.2, 0) is 9.53 Å². The minimum Gasteiger partial charge on any atom is -0.468 e. The monoisotopic (exact) mass is 531 g/mol.